The van der Waals surface area contributed by atoms with E-state index in [0.717, 1.165) is 10.6 Å². The number of H-pyrrole nitrogens is 1. The third kappa shape index (κ3) is 1.48. The summed E-state index contributed by atoms with van der Waals surface area (Å²) in [5.41, 5.74) is 0.241. The van der Waals surface area contributed by atoms with E-state index < -0.39 is 5.97 Å². The van der Waals surface area contributed by atoms with Crippen molar-refractivity contribution in [2.75, 3.05) is 0 Å². The highest BCUT2D eigenvalue weighted by Gasteiger charge is 2.05. The number of carboxylic acids is 1. The fourth-order valence-corrected chi connectivity index (χ4v) is 1.54. The Morgan fingerprint density at radius 3 is 3.07 bits per heavy atom. The number of nitrogens with one attached hydrogen (secondary N) is 1. The molecule has 3 nitrogen and oxygen atoms in total. The van der Waals surface area contributed by atoms with E-state index in [0.29, 0.717) is 5.92 Å². The van der Waals surface area contributed by atoms with E-state index in [1.54, 1.807) is 6.07 Å². The number of aromatic carboxylic acids is 1. The van der Waals surface area contributed by atoms with Crippen LogP contribution in [0.15, 0.2) is 18.2 Å². The van der Waals surface area contributed by atoms with Crippen LogP contribution in [0.1, 0.15) is 17.4 Å². The molecule has 1 aromatic heterocycles. The molecule has 0 saturated heterocycles. The van der Waals surface area contributed by atoms with Gasteiger partial charge in [-0.2, -0.15) is 0 Å². The van der Waals surface area contributed by atoms with Crippen LogP contribution in [0.5, 0.6) is 0 Å². The Morgan fingerprint density at radius 1 is 1.57 bits per heavy atom. The lowest BCUT2D eigenvalue weighted by Crippen LogP contribution is -2.21. The zero-order valence-corrected chi connectivity index (χ0v) is 7.82. The summed E-state index contributed by atoms with van der Waals surface area (Å²) in [6, 6.07) is 1.66. The maximum atomic E-state index is 10.7. The second-order valence-electron chi connectivity index (χ2n) is 3.43. The van der Waals surface area contributed by atoms with E-state index in [1.165, 1.54) is 0 Å². The molecule has 3 heteroatoms. The van der Waals surface area contributed by atoms with Crippen LogP contribution in [0.2, 0.25) is 0 Å². The van der Waals surface area contributed by atoms with Crippen molar-refractivity contribution in [3.05, 3.63) is 34.5 Å². The van der Waals surface area contributed by atoms with Gasteiger partial charge >= 0.3 is 5.97 Å². The van der Waals surface area contributed by atoms with Crippen molar-refractivity contribution >= 4 is 18.1 Å². The average Bonchev–Trinajstić information content (AvgIpc) is 2.42. The molecule has 2 rings (SSSR count). The monoisotopic (exact) mass is 189 g/mol. The highest BCUT2D eigenvalue weighted by molar-refractivity contribution is 5.85. The Balaban J connectivity index is 2.67. The molecule has 1 atom stereocenters. The summed E-state index contributed by atoms with van der Waals surface area (Å²) in [6.07, 6.45) is 7.93. The molecule has 1 aliphatic carbocycles. The number of hydrogen-bond acceptors (Lipinski definition) is 1. The fourth-order valence-electron chi connectivity index (χ4n) is 1.54. The van der Waals surface area contributed by atoms with E-state index in [4.69, 9.17) is 5.11 Å². The van der Waals surface area contributed by atoms with Crippen molar-refractivity contribution in [1.29, 1.82) is 0 Å². The topological polar surface area (TPSA) is 53.1 Å². The Kier molecular flexibility index (Phi) is 2.00. The molecule has 0 aromatic carbocycles. The first-order valence-electron chi connectivity index (χ1n) is 4.49. The maximum absolute atomic E-state index is 10.7. The van der Waals surface area contributed by atoms with Gasteiger partial charge in [-0.1, -0.05) is 25.2 Å². The number of fused-ring (bicyclic) bond motifs is 1. The van der Waals surface area contributed by atoms with Crippen molar-refractivity contribution in [3.8, 4) is 0 Å². The number of aromatic amines is 1. The Labute approximate surface area is 81.1 Å². The molecule has 0 saturated carbocycles. The van der Waals surface area contributed by atoms with Crippen LogP contribution in [0.3, 0.4) is 0 Å². The van der Waals surface area contributed by atoms with Crippen LogP contribution in [0.4, 0.5) is 0 Å². The number of hydrogen-bond donors (Lipinski definition) is 2. The third-order valence-electron chi connectivity index (χ3n) is 2.23. The first kappa shape index (κ1) is 8.81. The van der Waals surface area contributed by atoms with Crippen LogP contribution in [-0.2, 0) is 0 Å². The van der Waals surface area contributed by atoms with Gasteiger partial charge in [-0.3, -0.25) is 0 Å². The summed E-state index contributed by atoms with van der Waals surface area (Å²) in [5.74, 6) is -0.582. The number of allylic oxidation sites excluding steroid dienone is 2. The normalized spacial score (nSPS) is 19.1. The minimum Gasteiger partial charge on any atom is -0.477 e. The van der Waals surface area contributed by atoms with Gasteiger partial charge in [0.25, 0.3) is 0 Å². The molecule has 0 amide bonds. The quantitative estimate of drug-likeness (QED) is 0.675. The first-order valence-corrected chi connectivity index (χ1v) is 4.49. The van der Waals surface area contributed by atoms with E-state index in [9.17, 15) is 4.79 Å². The first-order chi connectivity index (χ1) is 6.66. The number of carbonyl (C=O) groups is 1. The number of carboxylic acid groups (broad SMARTS) is 1. The summed E-state index contributed by atoms with van der Waals surface area (Å²) in [6.45, 7) is 2.06. The van der Waals surface area contributed by atoms with Crippen LogP contribution >= 0.6 is 0 Å². The van der Waals surface area contributed by atoms with Gasteiger partial charge in [0.2, 0.25) is 0 Å². The van der Waals surface area contributed by atoms with E-state index >= 15 is 0 Å². The highest BCUT2D eigenvalue weighted by Crippen LogP contribution is 2.00. The van der Waals surface area contributed by atoms with Crippen LogP contribution < -0.4 is 10.6 Å². The molecule has 1 unspecified atom stereocenters. The predicted molar refractivity (Wildman–Crippen MR) is 54.2 cm³/mol. The smallest absolute Gasteiger partial charge is 0.352 e. The molecule has 72 valence electrons. The molecule has 0 aliphatic heterocycles. The van der Waals surface area contributed by atoms with Gasteiger partial charge in [0, 0.05) is 5.35 Å². The van der Waals surface area contributed by atoms with Crippen LogP contribution in [0.25, 0.3) is 12.2 Å². The molecule has 0 bridgehead atoms. The molecule has 14 heavy (non-hydrogen) atoms. The number of rotatable bonds is 1. The molecular weight excluding hydrogens is 178 g/mol. The van der Waals surface area contributed by atoms with Gasteiger partial charge in [0.15, 0.2) is 0 Å². The van der Waals surface area contributed by atoms with Crippen molar-refractivity contribution in [3.63, 3.8) is 0 Å². The molecular formula is C11H11NO2. The van der Waals surface area contributed by atoms with E-state index in [2.05, 4.69) is 18.0 Å². The maximum Gasteiger partial charge on any atom is 0.352 e. The van der Waals surface area contributed by atoms with Gasteiger partial charge in [-0.25, -0.2) is 4.79 Å². The van der Waals surface area contributed by atoms with Crippen molar-refractivity contribution in [1.82, 2.24) is 4.98 Å². The summed E-state index contributed by atoms with van der Waals surface area (Å²) in [7, 11) is 0. The summed E-state index contributed by atoms with van der Waals surface area (Å²) < 4.78 is 0. The Hall–Kier alpha value is -1.77. The fraction of sp³-hybridized carbons (Fsp3) is 0.182. The molecule has 0 fully saturated rings. The van der Waals surface area contributed by atoms with Gasteiger partial charge in [-0.05, 0) is 23.3 Å². The number of aromatic nitrogens is 1. The lowest BCUT2D eigenvalue weighted by atomic mass is 10.1. The zero-order chi connectivity index (χ0) is 10.1. The lowest BCUT2D eigenvalue weighted by Gasteiger charge is -1.92. The summed E-state index contributed by atoms with van der Waals surface area (Å²) in [5, 5.41) is 10.6. The molecule has 1 heterocycles. The Morgan fingerprint density at radius 2 is 2.36 bits per heavy atom. The molecule has 0 spiro atoms. The van der Waals surface area contributed by atoms with E-state index in [1.807, 2.05) is 18.2 Å². The van der Waals surface area contributed by atoms with Crippen LogP contribution in [-0.4, -0.2) is 16.1 Å². The second-order valence-corrected chi connectivity index (χ2v) is 3.43. The van der Waals surface area contributed by atoms with Gasteiger partial charge in [0.05, 0.1) is 0 Å². The van der Waals surface area contributed by atoms with E-state index in [-0.39, 0.29) is 5.69 Å². The van der Waals surface area contributed by atoms with Gasteiger partial charge in [-0.15, -0.1) is 0 Å². The highest BCUT2D eigenvalue weighted by atomic mass is 16.4. The minimum atomic E-state index is -0.920. The summed E-state index contributed by atoms with van der Waals surface area (Å²) >= 11 is 0. The minimum absolute atomic E-state index is 0.241. The summed E-state index contributed by atoms with van der Waals surface area (Å²) in [4.78, 5) is 13.6. The van der Waals surface area contributed by atoms with Crippen molar-refractivity contribution < 1.29 is 9.90 Å². The van der Waals surface area contributed by atoms with Crippen molar-refractivity contribution in [2.45, 2.75) is 6.92 Å². The molecule has 0 radical (unpaired) electrons. The SMILES string of the molecule is CC1C=CC=c2[nH]c(C(=O)O)cc2=C1. The third-order valence-corrected chi connectivity index (χ3v) is 2.23. The predicted octanol–water partition coefficient (Wildman–Crippen LogP) is 0.480. The lowest BCUT2D eigenvalue weighted by molar-refractivity contribution is 0.0691. The van der Waals surface area contributed by atoms with Crippen molar-refractivity contribution in [2.24, 2.45) is 5.92 Å². The zero-order valence-electron chi connectivity index (χ0n) is 7.82. The average molecular weight is 189 g/mol. The largest absolute Gasteiger partial charge is 0.477 e. The van der Waals surface area contributed by atoms with Gasteiger partial charge < -0.3 is 10.1 Å². The molecule has 1 aliphatic rings. The second kappa shape index (κ2) is 3.18. The standard InChI is InChI=1S/C11H11NO2/c1-7-3-2-4-9-8(5-7)6-10(12-9)11(13)14/h2-7,12H,1H3,(H,13,14). The van der Waals surface area contributed by atoms with Gasteiger partial charge in [0.1, 0.15) is 5.69 Å². The van der Waals surface area contributed by atoms with Crippen LogP contribution in [0, 0.1) is 5.92 Å². The Bertz CT molecular complexity index is 508. The molecule has 2 N–H and O–H groups in total. The molecule has 1 aromatic rings.